The third-order valence-electron chi connectivity index (χ3n) is 4.65. The lowest BCUT2D eigenvalue weighted by atomic mass is 9.89. The number of carbonyl (C=O) groups is 1. The predicted molar refractivity (Wildman–Crippen MR) is 86.9 cm³/mol. The first-order chi connectivity index (χ1) is 10.3. The van der Waals surface area contributed by atoms with Crippen LogP contribution in [0.3, 0.4) is 0 Å². The van der Waals surface area contributed by atoms with Gasteiger partial charge < -0.3 is 10.2 Å². The molecule has 1 aromatic rings. The maximum Gasteiger partial charge on any atom is 0.268 e. The molecule has 0 aromatic carbocycles. The highest BCUT2D eigenvalue weighted by Gasteiger charge is 2.28. The van der Waals surface area contributed by atoms with Crippen LogP contribution in [0.4, 0.5) is 5.69 Å². The van der Waals surface area contributed by atoms with Gasteiger partial charge in [0.05, 0.1) is 11.9 Å². The zero-order valence-corrected chi connectivity index (χ0v) is 13.9. The van der Waals surface area contributed by atoms with Crippen molar-refractivity contribution in [2.75, 3.05) is 24.5 Å². The van der Waals surface area contributed by atoms with Crippen LogP contribution in [-0.2, 0) is 11.8 Å². The van der Waals surface area contributed by atoms with Gasteiger partial charge in [0.25, 0.3) is 5.56 Å². The minimum atomic E-state index is -0.312. The molecule has 1 aliphatic rings. The van der Waals surface area contributed by atoms with Crippen LogP contribution in [0.5, 0.6) is 0 Å². The SMILES string of the molecule is CCC(C)(C)C(=O)NCC1CCN(c2cnn(C)c(=O)c2)C1. The summed E-state index contributed by atoms with van der Waals surface area (Å²) in [5, 5.41) is 7.12. The second kappa shape index (κ2) is 6.50. The number of hydrogen-bond acceptors (Lipinski definition) is 4. The Bertz CT molecular complexity index is 594. The molecule has 1 fully saturated rings. The summed E-state index contributed by atoms with van der Waals surface area (Å²) in [5.74, 6) is 0.532. The van der Waals surface area contributed by atoms with Gasteiger partial charge in [0.15, 0.2) is 0 Å². The van der Waals surface area contributed by atoms with E-state index in [0.717, 1.165) is 31.6 Å². The number of anilines is 1. The lowest BCUT2D eigenvalue weighted by molar-refractivity contribution is -0.129. The number of nitrogens with zero attached hydrogens (tertiary/aromatic N) is 3. The summed E-state index contributed by atoms with van der Waals surface area (Å²) in [7, 11) is 1.64. The average molecular weight is 306 g/mol. The summed E-state index contributed by atoms with van der Waals surface area (Å²) in [6.45, 7) is 8.40. The highest BCUT2D eigenvalue weighted by Crippen LogP contribution is 2.23. The van der Waals surface area contributed by atoms with Gasteiger partial charge in [-0.25, -0.2) is 4.68 Å². The van der Waals surface area contributed by atoms with Gasteiger partial charge in [0.2, 0.25) is 5.91 Å². The summed E-state index contributed by atoms with van der Waals surface area (Å²) in [5.41, 5.74) is 0.457. The van der Waals surface area contributed by atoms with E-state index in [2.05, 4.69) is 15.3 Å². The van der Waals surface area contributed by atoms with Gasteiger partial charge in [-0.2, -0.15) is 5.10 Å². The number of carbonyl (C=O) groups excluding carboxylic acids is 1. The van der Waals surface area contributed by atoms with Gasteiger partial charge in [-0.1, -0.05) is 20.8 Å². The third-order valence-corrected chi connectivity index (χ3v) is 4.65. The van der Waals surface area contributed by atoms with Crippen LogP contribution in [-0.4, -0.2) is 35.3 Å². The Hall–Kier alpha value is -1.85. The Balaban J connectivity index is 1.89. The van der Waals surface area contributed by atoms with Gasteiger partial charge in [0.1, 0.15) is 0 Å². The molecule has 0 bridgehead atoms. The Kier molecular flexibility index (Phi) is 4.88. The molecule has 1 N–H and O–H groups in total. The van der Waals surface area contributed by atoms with Crippen molar-refractivity contribution in [2.45, 2.75) is 33.6 Å². The zero-order chi connectivity index (χ0) is 16.3. The molecule has 0 saturated carbocycles. The summed E-state index contributed by atoms with van der Waals surface area (Å²) >= 11 is 0. The van der Waals surface area contributed by atoms with Crippen molar-refractivity contribution < 1.29 is 4.79 Å². The maximum absolute atomic E-state index is 12.1. The van der Waals surface area contributed by atoms with E-state index in [1.807, 2.05) is 20.8 Å². The predicted octanol–water partition coefficient (Wildman–Crippen LogP) is 1.16. The molecule has 1 amide bonds. The van der Waals surface area contributed by atoms with Crippen molar-refractivity contribution in [1.29, 1.82) is 0 Å². The van der Waals surface area contributed by atoms with Crippen LogP contribution in [0, 0.1) is 11.3 Å². The smallest absolute Gasteiger partial charge is 0.268 e. The highest BCUT2D eigenvalue weighted by molar-refractivity contribution is 5.81. The Labute approximate surface area is 131 Å². The highest BCUT2D eigenvalue weighted by atomic mass is 16.2. The average Bonchev–Trinajstić information content (AvgIpc) is 2.96. The van der Waals surface area contributed by atoms with Crippen LogP contribution < -0.4 is 15.8 Å². The molecule has 0 spiro atoms. The number of aryl methyl sites for hydroxylation is 1. The second-order valence-electron chi connectivity index (χ2n) is 6.72. The van der Waals surface area contributed by atoms with E-state index in [9.17, 15) is 9.59 Å². The normalized spacial score (nSPS) is 18.5. The molecule has 22 heavy (non-hydrogen) atoms. The summed E-state index contributed by atoms with van der Waals surface area (Å²) in [6.07, 6.45) is 3.57. The topological polar surface area (TPSA) is 67.2 Å². The largest absolute Gasteiger partial charge is 0.370 e. The van der Waals surface area contributed by atoms with Gasteiger partial charge in [-0.3, -0.25) is 9.59 Å². The molecule has 6 nitrogen and oxygen atoms in total. The molecule has 1 saturated heterocycles. The molecule has 1 aliphatic heterocycles. The Morgan fingerprint density at radius 2 is 2.23 bits per heavy atom. The molecular weight excluding hydrogens is 280 g/mol. The van der Waals surface area contributed by atoms with E-state index in [4.69, 9.17) is 0 Å². The van der Waals surface area contributed by atoms with E-state index in [1.54, 1.807) is 19.3 Å². The number of amides is 1. The van der Waals surface area contributed by atoms with Crippen LogP contribution in [0.1, 0.15) is 33.6 Å². The van der Waals surface area contributed by atoms with E-state index in [-0.39, 0.29) is 16.9 Å². The fourth-order valence-electron chi connectivity index (χ4n) is 2.50. The lowest BCUT2D eigenvalue weighted by Crippen LogP contribution is -2.39. The van der Waals surface area contributed by atoms with Crippen LogP contribution in [0.2, 0.25) is 0 Å². The Morgan fingerprint density at radius 3 is 2.86 bits per heavy atom. The van der Waals surface area contributed by atoms with Gasteiger partial charge in [-0.15, -0.1) is 0 Å². The molecule has 2 heterocycles. The minimum absolute atomic E-state index is 0.0982. The minimum Gasteiger partial charge on any atom is -0.370 e. The fourth-order valence-corrected chi connectivity index (χ4v) is 2.50. The summed E-state index contributed by atoms with van der Waals surface area (Å²) in [4.78, 5) is 25.9. The first-order valence-electron chi connectivity index (χ1n) is 7.90. The molecule has 122 valence electrons. The fraction of sp³-hybridized carbons (Fsp3) is 0.688. The molecule has 1 atom stereocenters. The standard InChI is InChI=1S/C16H26N4O2/c1-5-16(2,3)15(22)17-9-12-6-7-20(11-12)13-8-14(21)19(4)18-10-13/h8,10,12H,5-7,9,11H2,1-4H3,(H,17,22). The quantitative estimate of drug-likeness (QED) is 0.886. The summed E-state index contributed by atoms with van der Waals surface area (Å²) < 4.78 is 1.32. The van der Waals surface area contributed by atoms with Crippen molar-refractivity contribution >= 4 is 11.6 Å². The van der Waals surface area contributed by atoms with Crippen LogP contribution >= 0.6 is 0 Å². The summed E-state index contributed by atoms with van der Waals surface area (Å²) in [6, 6.07) is 1.62. The third kappa shape index (κ3) is 3.67. The van der Waals surface area contributed by atoms with Crippen molar-refractivity contribution in [3.63, 3.8) is 0 Å². The lowest BCUT2D eigenvalue weighted by Gasteiger charge is -2.23. The molecule has 0 radical (unpaired) electrons. The van der Waals surface area contributed by atoms with E-state index < -0.39 is 0 Å². The van der Waals surface area contributed by atoms with Crippen molar-refractivity contribution in [3.8, 4) is 0 Å². The molecule has 6 heteroatoms. The zero-order valence-electron chi connectivity index (χ0n) is 13.9. The van der Waals surface area contributed by atoms with Gasteiger partial charge >= 0.3 is 0 Å². The number of nitrogens with one attached hydrogen (secondary N) is 1. The molecule has 1 unspecified atom stereocenters. The first kappa shape index (κ1) is 16.5. The van der Waals surface area contributed by atoms with E-state index in [1.165, 1.54) is 4.68 Å². The molecule has 0 aliphatic carbocycles. The monoisotopic (exact) mass is 306 g/mol. The maximum atomic E-state index is 12.1. The van der Waals surface area contributed by atoms with Crippen molar-refractivity contribution in [1.82, 2.24) is 15.1 Å². The van der Waals surface area contributed by atoms with E-state index in [0.29, 0.717) is 12.5 Å². The van der Waals surface area contributed by atoms with Gasteiger partial charge in [-0.05, 0) is 18.8 Å². The second-order valence-corrected chi connectivity index (χ2v) is 6.72. The number of aromatic nitrogens is 2. The molecule has 1 aromatic heterocycles. The van der Waals surface area contributed by atoms with Crippen molar-refractivity contribution in [3.05, 3.63) is 22.6 Å². The Morgan fingerprint density at radius 1 is 1.50 bits per heavy atom. The molecule has 2 rings (SSSR count). The van der Waals surface area contributed by atoms with Crippen LogP contribution in [0.25, 0.3) is 0 Å². The first-order valence-corrected chi connectivity index (χ1v) is 7.90. The molecular formula is C16H26N4O2. The van der Waals surface area contributed by atoms with Crippen LogP contribution in [0.15, 0.2) is 17.1 Å². The number of hydrogen-bond donors (Lipinski definition) is 1. The van der Waals surface area contributed by atoms with Gasteiger partial charge in [0, 0.05) is 38.2 Å². The van der Waals surface area contributed by atoms with E-state index >= 15 is 0 Å². The number of rotatable bonds is 5. The van der Waals surface area contributed by atoms with Crippen molar-refractivity contribution in [2.24, 2.45) is 18.4 Å².